The van der Waals surface area contributed by atoms with E-state index in [1.165, 1.54) is 154 Å². The van der Waals surface area contributed by atoms with E-state index in [1.54, 1.807) is 0 Å². The van der Waals surface area contributed by atoms with E-state index in [0.717, 1.165) is 49.7 Å². The minimum atomic E-state index is -1.23. The van der Waals surface area contributed by atoms with Crippen molar-refractivity contribution in [1.29, 1.82) is 0 Å². The number of carbonyl (C=O) groups is 4. The molecule has 2 amide bonds. The van der Waals surface area contributed by atoms with Crippen LogP contribution in [0, 0.1) is 0 Å². The van der Waals surface area contributed by atoms with Crippen molar-refractivity contribution in [3.05, 3.63) is 71.8 Å². The maximum absolute atomic E-state index is 12.1. The quantitative estimate of drug-likeness (QED) is 0.0504. The normalized spacial score (nSPS) is 11.7. The van der Waals surface area contributed by atoms with E-state index in [0.29, 0.717) is 12.8 Å². The predicted octanol–water partition coefficient (Wildman–Crippen LogP) is 11.4. The Morgan fingerprint density at radius 3 is 0.825 bits per heavy atom. The first-order valence-corrected chi connectivity index (χ1v) is 25.3. The van der Waals surface area contributed by atoms with Gasteiger partial charge in [-0.3, -0.25) is 9.59 Å². The Kier molecular flexibility index (Phi) is 42.0. The summed E-state index contributed by atoms with van der Waals surface area (Å²) in [6.45, 7) is 4.53. The molecule has 0 fully saturated rings. The Balaban J connectivity index is 0.00000120. The second kappa shape index (κ2) is 44.2. The first-order chi connectivity index (χ1) is 30.3. The fourth-order valence-electron chi connectivity index (χ4n) is 7.93. The molecule has 0 aliphatic rings. The predicted molar refractivity (Wildman–Crippen MR) is 253 cm³/mol. The number of carboxylic acids is 2. The molecule has 352 valence electrons. The number of benzene rings is 2. The molecule has 2 N–H and O–H groups in total. The first-order valence-electron chi connectivity index (χ1n) is 25.3. The molecule has 2 aromatic carbocycles. The Bertz CT molecular complexity index is 1260. The van der Waals surface area contributed by atoms with Gasteiger partial charge in [-0.1, -0.05) is 254 Å². The molecular formula is C54H88N2O6Zn. The SMILES string of the molecule is CCCCCCCCCCCCCCCCCC(=O)N[C@@H](Cc1ccccc1)C(=O)[O-].CCCCCCCCCCCCCCCCCC(=O)N[C@@H](Cc1ccccc1)C(=O)[O-].[Zn+2]. The van der Waals surface area contributed by atoms with Gasteiger partial charge in [0.05, 0.1) is 24.0 Å². The van der Waals surface area contributed by atoms with Crippen LogP contribution in [-0.2, 0) is 51.5 Å². The van der Waals surface area contributed by atoms with E-state index in [2.05, 4.69) is 24.5 Å². The Morgan fingerprint density at radius 1 is 0.381 bits per heavy atom. The van der Waals surface area contributed by atoms with Crippen LogP contribution in [0.4, 0.5) is 0 Å². The van der Waals surface area contributed by atoms with Crippen molar-refractivity contribution in [3.8, 4) is 0 Å². The largest absolute Gasteiger partial charge is 2.00 e. The molecule has 0 bridgehead atoms. The first kappa shape index (κ1) is 59.9. The molecule has 2 rings (SSSR count). The molecular weight excluding hydrogens is 838 g/mol. The van der Waals surface area contributed by atoms with Gasteiger partial charge in [-0.2, -0.15) is 0 Å². The van der Waals surface area contributed by atoms with Gasteiger partial charge in [0.25, 0.3) is 0 Å². The standard InChI is InChI=1S/2C27H45NO3.Zn/c2*1-2-3-4-5-6-7-8-9-10-11-12-13-14-15-19-22-26(29)28-25(27(30)31)23-24-20-17-16-18-21-24;/h2*16-18,20-21,25H,2-15,19,22-23H2,1H3,(H,28,29)(H,30,31);/q;;+2/p-2/t2*25-;/m00./s1. The monoisotopic (exact) mass is 925 g/mol. The number of carboxylic acid groups (broad SMARTS) is 2. The van der Waals surface area contributed by atoms with Gasteiger partial charge in [-0.05, 0) is 36.8 Å². The van der Waals surface area contributed by atoms with E-state index in [4.69, 9.17) is 0 Å². The molecule has 0 radical (unpaired) electrons. The summed E-state index contributed by atoms with van der Waals surface area (Å²) in [6.07, 6.45) is 39.8. The minimum absolute atomic E-state index is 0. The molecule has 0 unspecified atom stereocenters. The molecule has 0 saturated carbocycles. The van der Waals surface area contributed by atoms with Gasteiger partial charge in [0.2, 0.25) is 11.8 Å². The molecule has 0 aliphatic carbocycles. The second-order valence-electron chi connectivity index (χ2n) is 17.7. The molecule has 2 atom stereocenters. The molecule has 2 aromatic rings. The summed E-state index contributed by atoms with van der Waals surface area (Å²) in [5, 5.41) is 27.9. The summed E-state index contributed by atoms with van der Waals surface area (Å²) >= 11 is 0. The number of nitrogens with one attached hydrogen (secondary N) is 2. The maximum atomic E-state index is 12.1. The molecule has 0 aliphatic heterocycles. The van der Waals surface area contributed by atoms with Gasteiger partial charge in [0.15, 0.2) is 0 Å². The number of rotatable bonds is 40. The zero-order valence-corrected chi connectivity index (χ0v) is 43.1. The smallest absolute Gasteiger partial charge is 0.548 e. The van der Waals surface area contributed by atoms with E-state index in [-0.39, 0.29) is 44.1 Å². The van der Waals surface area contributed by atoms with E-state index >= 15 is 0 Å². The van der Waals surface area contributed by atoms with Gasteiger partial charge in [-0.15, -0.1) is 0 Å². The minimum Gasteiger partial charge on any atom is -0.548 e. The number of aliphatic carboxylic acids is 2. The molecule has 0 aromatic heterocycles. The van der Waals surface area contributed by atoms with Crippen LogP contribution in [0.2, 0.25) is 0 Å². The van der Waals surface area contributed by atoms with Gasteiger partial charge in [0, 0.05) is 12.8 Å². The third kappa shape index (κ3) is 38.0. The third-order valence-electron chi connectivity index (χ3n) is 11.8. The average Bonchev–Trinajstić information content (AvgIpc) is 3.26. The van der Waals surface area contributed by atoms with Crippen molar-refractivity contribution in [2.75, 3.05) is 0 Å². The maximum Gasteiger partial charge on any atom is 2.00 e. The van der Waals surface area contributed by atoms with Crippen molar-refractivity contribution in [3.63, 3.8) is 0 Å². The fourth-order valence-corrected chi connectivity index (χ4v) is 7.93. The average molecular weight is 927 g/mol. The van der Waals surface area contributed by atoms with Crippen LogP contribution in [0.25, 0.3) is 0 Å². The van der Waals surface area contributed by atoms with E-state index in [9.17, 15) is 29.4 Å². The Hall–Kier alpha value is -3.06. The van der Waals surface area contributed by atoms with Gasteiger partial charge in [-0.25, -0.2) is 0 Å². The summed E-state index contributed by atoms with van der Waals surface area (Å²) in [7, 11) is 0. The van der Waals surface area contributed by atoms with Crippen molar-refractivity contribution < 1.29 is 48.9 Å². The summed E-state index contributed by atoms with van der Waals surface area (Å²) in [5.41, 5.74) is 1.76. The third-order valence-corrected chi connectivity index (χ3v) is 11.8. The molecule has 8 nitrogen and oxygen atoms in total. The van der Waals surface area contributed by atoms with Crippen molar-refractivity contribution in [2.24, 2.45) is 0 Å². The topological polar surface area (TPSA) is 138 Å². The van der Waals surface area contributed by atoms with E-state index < -0.39 is 24.0 Å². The molecule has 9 heteroatoms. The van der Waals surface area contributed by atoms with Crippen LogP contribution in [0.1, 0.15) is 230 Å². The molecule has 63 heavy (non-hydrogen) atoms. The van der Waals surface area contributed by atoms with Crippen LogP contribution in [0.15, 0.2) is 60.7 Å². The number of hydrogen-bond acceptors (Lipinski definition) is 6. The number of amides is 2. The Labute approximate surface area is 397 Å². The molecule has 0 saturated heterocycles. The van der Waals surface area contributed by atoms with Crippen molar-refractivity contribution in [2.45, 2.75) is 244 Å². The van der Waals surface area contributed by atoms with Crippen LogP contribution in [0.3, 0.4) is 0 Å². The molecule has 0 heterocycles. The van der Waals surface area contributed by atoms with Gasteiger partial charge < -0.3 is 30.4 Å². The number of unbranched alkanes of at least 4 members (excludes halogenated alkanes) is 28. The van der Waals surface area contributed by atoms with E-state index in [1.807, 2.05) is 60.7 Å². The second-order valence-corrected chi connectivity index (χ2v) is 17.7. The van der Waals surface area contributed by atoms with Crippen molar-refractivity contribution in [1.82, 2.24) is 10.6 Å². The summed E-state index contributed by atoms with van der Waals surface area (Å²) < 4.78 is 0. The fraction of sp³-hybridized carbons (Fsp3) is 0.704. The number of carbonyl (C=O) groups excluding carboxylic acids is 4. The zero-order chi connectivity index (χ0) is 45.1. The summed E-state index contributed by atoms with van der Waals surface area (Å²) in [5.74, 6) is -2.85. The molecule has 0 spiro atoms. The van der Waals surface area contributed by atoms with Crippen LogP contribution < -0.4 is 20.8 Å². The van der Waals surface area contributed by atoms with Crippen LogP contribution in [0.5, 0.6) is 0 Å². The van der Waals surface area contributed by atoms with Crippen molar-refractivity contribution >= 4 is 23.8 Å². The number of hydrogen-bond donors (Lipinski definition) is 2. The summed E-state index contributed by atoms with van der Waals surface area (Å²) in [6, 6.07) is 16.7. The van der Waals surface area contributed by atoms with Gasteiger partial charge in [0.1, 0.15) is 0 Å². The summed E-state index contributed by atoms with van der Waals surface area (Å²) in [4.78, 5) is 46.8. The van der Waals surface area contributed by atoms with Gasteiger partial charge >= 0.3 is 19.5 Å². The Morgan fingerprint density at radius 2 is 0.603 bits per heavy atom. The van der Waals surface area contributed by atoms with Crippen LogP contribution in [-0.4, -0.2) is 35.8 Å². The van der Waals surface area contributed by atoms with Crippen LogP contribution >= 0.6 is 0 Å². The zero-order valence-electron chi connectivity index (χ0n) is 40.1.